The third-order valence-corrected chi connectivity index (χ3v) is 3.15. The summed E-state index contributed by atoms with van der Waals surface area (Å²) in [4.78, 5) is 13.5. The Bertz CT molecular complexity index is 267. The van der Waals surface area contributed by atoms with E-state index >= 15 is 0 Å². The van der Waals surface area contributed by atoms with Crippen LogP contribution < -0.4 is 0 Å². The van der Waals surface area contributed by atoms with Crippen molar-refractivity contribution < 1.29 is 14.6 Å². The van der Waals surface area contributed by atoms with Gasteiger partial charge in [-0.1, -0.05) is 0 Å². The largest absolute Gasteiger partial charge is 0.444 e. The highest BCUT2D eigenvalue weighted by Gasteiger charge is 2.33. The van der Waals surface area contributed by atoms with E-state index in [4.69, 9.17) is 4.74 Å². The molecule has 1 aliphatic heterocycles. The van der Waals surface area contributed by atoms with Gasteiger partial charge in [0.1, 0.15) is 5.60 Å². The predicted molar refractivity (Wildman–Crippen MR) is 66.8 cm³/mol. The summed E-state index contributed by atoms with van der Waals surface area (Å²) in [6.45, 7) is 10.6. The van der Waals surface area contributed by atoms with Gasteiger partial charge in [0.15, 0.2) is 0 Å². The molecule has 0 aromatic carbocycles. The van der Waals surface area contributed by atoms with Crippen molar-refractivity contribution >= 4 is 6.09 Å². The molecule has 4 nitrogen and oxygen atoms in total. The van der Waals surface area contributed by atoms with Crippen molar-refractivity contribution in [2.45, 2.75) is 58.7 Å². The van der Waals surface area contributed by atoms with Gasteiger partial charge in [-0.2, -0.15) is 0 Å². The molecule has 0 aliphatic carbocycles. The van der Waals surface area contributed by atoms with Gasteiger partial charge in [0.05, 0.1) is 5.60 Å². The zero-order valence-electron chi connectivity index (χ0n) is 11.6. The third-order valence-electron chi connectivity index (χ3n) is 3.15. The van der Waals surface area contributed by atoms with Crippen molar-refractivity contribution in [3.8, 4) is 0 Å². The number of hydrogen-bond acceptors (Lipinski definition) is 3. The molecule has 17 heavy (non-hydrogen) atoms. The van der Waals surface area contributed by atoms with E-state index in [0.717, 1.165) is 12.8 Å². The first kappa shape index (κ1) is 14.3. The zero-order valence-corrected chi connectivity index (χ0v) is 11.6. The molecule has 1 rings (SSSR count). The Morgan fingerprint density at radius 2 is 1.65 bits per heavy atom. The van der Waals surface area contributed by atoms with Crippen molar-refractivity contribution in [1.82, 2.24) is 4.90 Å². The van der Waals surface area contributed by atoms with E-state index in [1.807, 2.05) is 34.6 Å². The molecule has 1 fully saturated rings. The lowest BCUT2D eigenvalue weighted by atomic mass is 9.83. The molecule has 0 bridgehead atoms. The first-order valence-corrected chi connectivity index (χ1v) is 6.30. The van der Waals surface area contributed by atoms with Crippen molar-refractivity contribution in [1.29, 1.82) is 0 Å². The Kier molecular flexibility index (Phi) is 4.07. The van der Waals surface area contributed by atoms with Crippen LogP contribution in [0.2, 0.25) is 0 Å². The summed E-state index contributed by atoms with van der Waals surface area (Å²) in [7, 11) is 0. The molecule has 1 N–H and O–H groups in total. The summed E-state index contributed by atoms with van der Waals surface area (Å²) in [5, 5.41) is 9.92. The monoisotopic (exact) mass is 243 g/mol. The highest BCUT2D eigenvalue weighted by molar-refractivity contribution is 5.68. The third kappa shape index (κ3) is 4.54. The van der Waals surface area contributed by atoms with Crippen molar-refractivity contribution in [3.05, 3.63) is 0 Å². The van der Waals surface area contributed by atoms with Crippen LogP contribution in [0.15, 0.2) is 0 Å². The molecule has 0 aromatic heterocycles. The van der Waals surface area contributed by atoms with E-state index in [1.54, 1.807) is 4.90 Å². The fraction of sp³-hybridized carbons (Fsp3) is 0.923. The van der Waals surface area contributed by atoms with E-state index in [9.17, 15) is 9.90 Å². The van der Waals surface area contributed by atoms with Crippen LogP contribution in [0, 0.1) is 5.92 Å². The molecular formula is C13H25NO3. The highest BCUT2D eigenvalue weighted by atomic mass is 16.6. The first-order chi connectivity index (χ1) is 7.59. The summed E-state index contributed by atoms with van der Waals surface area (Å²) < 4.78 is 5.32. The van der Waals surface area contributed by atoms with E-state index in [2.05, 4.69) is 0 Å². The Hall–Kier alpha value is -0.770. The zero-order chi connectivity index (χ0) is 13.3. The number of likely N-dealkylation sites (tertiary alicyclic amines) is 1. The molecule has 4 heteroatoms. The lowest BCUT2D eigenvalue weighted by Crippen LogP contribution is -2.45. The van der Waals surface area contributed by atoms with Crippen LogP contribution >= 0.6 is 0 Å². The number of amides is 1. The average Bonchev–Trinajstić information content (AvgIpc) is 2.14. The molecule has 1 saturated heterocycles. The molecule has 1 aliphatic rings. The van der Waals surface area contributed by atoms with Gasteiger partial charge in [-0.3, -0.25) is 0 Å². The minimum absolute atomic E-state index is 0.244. The Morgan fingerprint density at radius 3 is 2.00 bits per heavy atom. The number of nitrogens with zero attached hydrogens (tertiary/aromatic N) is 1. The number of carbonyl (C=O) groups is 1. The Labute approximate surface area is 104 Å². The van der Waals surface area contributed by atoms with Crippen molar-refractivity contribution in [2.75, 3.05) is 13.1 Å². The number of ether oxygens (including phenoxy) is 1. The summed E-state index contributed by atoms with van der Waals surface area (Å²) in [5.41, 5.74) is -1.09. The molecule has 1 amide bonds. The Morgan fingerprint density at radius 1 is 1.18 bits per heavy atom. The quantitative estimate of drug-likeness (QED) is 0.769. The van der Waals surface area contributed by atoms with Crippen LogP contribution in [0.25, 0.3) is 0 Å². The van der Waals surface area contributed by atoms with Gasteiger partial charge < -0.3 is 14.7 Å². The summed E-state index contributed by atoms with van der Waals surface area (Å²) >= 11 is 0. The maximum Gasteiger partial charge on any atom is 0.410 e. The molecule has 0 unspecified atom stereocenters. The molecule has 0 radical (unpaired) electrons. The minimum atomic E-state index is -0.653. The number of aliphatic hydroxyl groups is 1. The Balaban J connectivity index is 2.45. The first-order valence-electron chi connectivity index (χ1n) is 6.30. The van der Waals surface area contributed by atoms with Crippen LogP contribution in [0.5, 0.6) is 0 Å². The second-order valence-corrected chi connectivity index (χ2v) is 6.40. The van der Waals surface area contributed by atoms with Gasteiger partial charge in [-0.15, -0.1) is 0 Å². The molecule has 100 valence electrons. The molecular weight excluding hydrogens is 218 g/mol. The maximum atomic E-state index is 11.8. The average molecular weight is 243 g/mol. The van der Waals surface area contributed by atoms with Gasteiger partial charge in [-0.05, 0) is 53.4 Å². The van der Waals surface area contributed by atoms with E-state index in [1.165, 1.54) is 0 Å². The molecule has 0 spiro atoms. The minimum Gasteiger partial charge on any atom is -0.444 e. The number of carbonyl (C=O) groups excluding carboxylic acids is 1. The highest BCUT2D eigenvalue weighted by Crippen LogP contribution is 2.28. The number of piperidine rings is 1. The molecule has 0 saturated carbocycles. The fourth-order valence-electron chi connectivity index (χ4n) is 2.09. The lowest BCUT2D eigenvalue weighted by Gasteiger charge is -2.38. The van der Waals surface area contributed by atoms with Crippen molar-refractivity contribution in [3.63, 3.8) is 0 Å². The SMILES string of the molecule is CC(C)(C)OC(=O)N1CCC(C(C)(C)O)CC1. The standard InChI is InChI=1S/C13H25NO3/c1-12(2,3)17-11(15)14-8-6-10(7-9-14)13(4,5)16/h10,16H,6-9H2,1-5H3. The van der Waals surface area contributed by atoms with E-state index < -0.39 is 11.2 Å². The normalized spacial score (nSPS) is 19.3. The van der Waals surface area contributed by atoms with Gasteiger partial charge in [0.2, 0.25) is 0 Å². The number of hydrogen-bond donors (Lipinski definition) is 1. The summed E-state index contributed by atoms with van der Waals surface area (Å²) in [6.07, 6.45) is 1.43. The van der Waals surface area contributed by atoms with Crippen molar-refractivity contribution in [2.24, 2.45) is 5.92 Å². The van der Waals surface area contributed by atoms with Gasteiger partial charge in [0.25, 0.3) is 0 Å². The van der Waals surface area contributed by atoms with Gasteiger partial charge in [0, 0.05) is 13.1 Å². The van der Waals surface area contributed by atoms with Crippen LogP contribution in [0.1, 0.15) is 47.5 Å². The van der Waals surface area contributed by atoms with E-state index in [0.29, 0.717) is 13.1 Å². The van der Waals surface area contributed by atoms with Crippen LogP contribution in [0.3, 0.4) is 0 Å². The summed E-state index contributed by atoms with van der Waals surface area (Å²) in [6, 6.07) is 0. The van der Waals surface area contributed by atoms with Gasteiger partial charge in [-0.25, -0.2) is 4.79 Å². The van der Waals surface area contributed by atoms with E-state index in [-0.39, 0.29) is 12.0 Å². The molecule has 0 aromatic rings. The van der Waals surface area contributed by atoms with Crippen LogP contribution in [0.4, 0.5) is 4.79 Å². The number of rotatable bonds is 1. The lowest BCUT2D eigenvalue weighted by molar-refractivity contribution is -0.0226. The molecule has 0 atom stereocenters. The second kappa shape index (κ2) is 4.84. The maximum absolute atomic E-state index is 11.8. The van der Waals surface area contributed by atoms with Crippen LogP contribution in [-0.2, 0) is 4.74 Å². The topological polar surface area (TPSA) is 49.8 Å². The fourth-order valence-corrected chi connectivity index (χ4v) is 2.09. The molecule has 1 heterocycles. The predicted octanol–water partition coefficient (Wildman–Crippen LogP) is 2.40. The van der Waals surface area contributed by atoms with Crippen LogP contribution in [-0.4, -0.2) is 40.4 Å². The van der Waals surface area contributed by atoms with Gasteiger partial charge >= 0.3 is 6.09 Å². The second-order valence-electron chi connectivity index (χ2n) is 6.40. The summed E-state index contributed by atoms with van der Waals surface area (Å²) in [5.74, 6) is 0.265. The smallest absolute Gasteiger partial charge is 0.410 e.